The standard InChI is InChI=1S/C16H15FN2O/c1-19(2)15-4-3-5-16(9-15)20-11-13-8-14(17)7-6-12(13)10-18/h3-9H,11H2,1-2H3. The molecule has 0 atom stereocenters. The van der Waals surface area contributed by atoms with E-state index in [0.29, 0.717) is 16.9 Å². The van der Waals surface area contributed by atoms with Crippen LogP contribution in [-0.4, -0.2) is 14.1 Å². The van der Waals surface area contributed by atoms with Crippen molar-refractivity contribution in [3.63, 3.8) is 0 Å². The second-order valence-corrected chi connectivity index (χ2v) is 4.59. The number of benzene rings is 2. The van der Waals surface area contributed by atoms with Crippen molar-refractivity contribution >= 4 is 5.69 Å². The molecule has 0 heterocycles. The first-order chi connectivity index (χ1) is 9.60. The number of ether oxygens (including phenoxy) is 1. The first kappa shape index (κ1) is 13.9. The zero-order chi connectivity index (χ0) is 14.5. The van der Waals surface area contributed by atoms with Gasteiger partial charge in [0.25, 0.3) is 0 Å². The lowest BCUT2D eigenvalue weighted by Crippen LogP contribution is -2.08. The maximum Gasteiger partial charge on any atom is 0.123 e. The molecule has 0 unspecified atom stereocenters. The van der Waals surface area contributed by atoms with Gasteiger partial charge in [0, 0.05) is 31.4 Å². The summed E-state index contributed by atoms with van der Waals surface area (Å²) in [5.41, 5.74) is 1.99. The van der Waals surface area contributed by atoms with Crippen LogP contribution in [0.2, 0.25) is 0 Å². The first-order valence-corrected chi connectivity index (χ1v) is 6.19. The Morgan fingerprint density at radius 1 is 1.20 bits per heavy atom. The Labute approximate surface area is 117 Å². The van der Waals surface area contributed by atoms with Crippen LogP contribution in [0.3, 0.4) is 0 Å². The van der Waals surface area contributed by atoms with Gasteiger partial charge in [-0.15, -0.1) is 0 Å². The van der Waals surface area contributed by atoms with Gasteiger partial charge in [0.05, 0.1) is 11.6 Å². The van der Waals surface area contributed by atoms with Crippen LogP contribution >= 0.6 is 0 Å². The molecule has 0 aromatic heterocycles. The van der Waals surface area contributed by atoms with Gasteiger partial charge in [-0.3, -0.25) is 0 Å². The van der Waals surface area contributed by atoms with Crippen LogP contribution in [0.5, 0.6) is 5.75 Å². The Morgan fingerprint density at radius 2 is 2.00 bits per heavy atom. The van der Waals surface area contributed by atoms with Crippen LogP contribution in [0.25, 0.3) is 0 Å². The minimum atomic E-state index is -0.371. The summed E-state index contributed by atoms with van der Waals surface area (Å²) >= 11 is 0. The number of nitriles is 1. The highest BCUT2D eigenvalue weighted by molar-refractivity contribution is 5.49. The summed E-state index contributed by atoms with van der Waals surface area (Å²) in [6, 6.07) is 13.7. The number of halogens is 1. The Morgan fingerprint density at radius 3 is 2.70 bits per heavy atom. The van der Waals surface area contributed by atoms with Gasteiger partial charge >= 0.3 is 0 Å². The summed E-state index contributed by atoms with van der Waals surface area (Å²) in [5, 5.41) is 8.99. The summed E-state index contributed by atoms with van der Waals surface area (Å²) < 4.78 is 18.8. The molecule has 0 saturated heterocycles. The highest BCUT2D eigenvalue weighted by Gasteiger charge is 2.05. The second kappa shape index (κ2) is 6.07. The van der Waals surface area contributed by atoms with Crippen LogP contribution in [-0.2, 0) is 6.61 Å². The largest absolute Gasteiger partial charge is 0.489 e. The molecule has 2 aromatic rings. The van der Waals surface area contributed by atoms with Crippen molar-refractivity contribution in [1.29, 1.82) is 5.26 Å². The lowest BCUT2D eigenvalue weighted by Gasteiger charge is -2.14. The highest BCUT2D eigenvalue weighted by Crippen LogP contribution is 2.21. The van der Waals surface area contributed by atoms with Gasteiger partial charge in [-0.2, -0.15) is 5.26 Å². The first-order valence-electron chi connectivity index (χ1n) is 6.19. The molecule has 0 radical (unpaired) electrons. The summed E-state index contributed by atoms with van der Waals surface area (Å²) in [5.74, 6) is 0.314. The van der Waals surface area contributed by atoms with Crippen molar-refractivity contribution in [3.05, 3.63) is 59.4 Å². The van der Waals surface area contributed by atoms with E-state index in [1.54, 1.807) is 0 Å². The van der Waals surface area contributed by atoms with E-state index in [1.165, 1.54) is 18.2 Å². The summed E-state index contributed by atoms with van der Waals surface area (Å²) in [7, 11) is 3.89. The van der Waals surface area contributed by atoms with E-state index in [-0.39, 0.29) is 12.4 Å². The number of hydrogen-bond donors (Lipinski definition) is 0. The molecule has 0 amide bonds. The van der Waals surface area contributed by atoms with Crippen LogP contribution < -0.4 is 9.64 Å². The summed E-state index contributed by atoms with van der Waals surface area (Å²) in [6.45, 7) is 0.164. The Hall–Kier alpha value is -2.54. The Kier molecular flexibility index (Phi) is 4.21. The van der Waals surface area contributed by atoms with Crippen LogP contribution in [0.4, 0.5) is 10.1 Å². The number of anilines is 1. The third-order valence-electron chi connectivity index (χ3n) is 2.92. The van der Waals surface area contributed by atoms with E-state index < -0.39 is 0 Å². The lowest BCUT2D eigenvalue weighted by atomic mass is 10.1. The van der Waals surface area contributed by atoms with Gasteiger partial charge in [0.15, 0.2) is 0 Å². The lowest BCUT2D eigenvalue weighted by molar-refractivity contribution is 0.305. The molecule has 2 aromatic carbocycles. The van der Waals surface area contributed by atoms with Gasteiger partial charge in [-0.1, -0.05) is 6.07 Å². The van der Waals surface area contributed by atoms with Crippen molar-refractivity contribution in [2.24, 2.45) is 0 Å². The molecular weight excluding hydrogens is 255 g/mol. The van der Waals surface area contributed by atoms with Crippen molar-refractivity contribution < 1.29 is 9.13 Å². The summed E-state index contributed by atoms with van der Waals surface area (Å²) in [4.78, 5) is 1.97. The average Bonchev–Trinajstić information content (AvgIpc) is 2.45. The molecular formula is C16H15FN2O. The Bertz CT molecular complexity index is 647. The van der Waals surface area contributed by atoms with Gasteiger partial charge in [0.1, 0.15) is 18.2 Å². The molecule has 2 rings (SSSR count). The van der Waals surface area contributed by atoms with Crippen LogP contribution in [0.15, 0.2) is 42.5 Å². The molecule has 102 valence electrons. The minimum Gasteiger partial charge on any atom is -0.489 e. The fourth-order valence-corrected chi connectivity index (χ4v) is 1.80. The zero-order valence-corrected chi connectivity index (χ0v) is 11.4. The quantitative estimate of drug-likeness (QED) is 0.855. The van der Waals surface area contributed by atoms with Gasteiger partial charge in [0.2, 0.25) is 0 Å². The SMILES string of the molecule is CN(C)c1cccc(OCc2cc(F)ccc2C#N)c1. The smallest absolute Gasteiger partial charge is 0.123 e. The number of nitrogens with zero attached hydrogens (tertiary/aromatic N) is 2. The van der Waals surface area contributed by atoms with E-state index in [0.717, 1.165) is 5.69 Å². The third kappa shape index (κ3) is 3.27. The van der Waals surface area contributed by atoms with E-state index in [2.05, 4.69) is 0 Å². The van der Waals surface area contributed by atoms with E-state index >= 15 is 0 Å². The van der Waals surface area contributed by atoms with Crippen molar-refractivity contribution in [2.45, 2.75) is 6.61 Å². The monoisotopic (exact) mass is 270 g/mol. The Balaban J connectivity index is 2.15. The summed E-state index contributed by atoms with van der Waals surface area (Å²) in [6.07, 6.45) is 0. The molecule has 0 spiro atoms. The molecule has 0 fully saturated rings. The normalized spacial score (nSPS) is 9.90. The van der Waals surface area contributed by atoms with Crippen LogP contribution in [0, 0.1) is 17.1 Å². The van der Waals surface area contributed by atoms with Crippen LogP contribution in [0.1, 0.15) is 11.1 Å². The van der Waals surface area contributed by atoms with E-state index in [4.69, 9.17) is 10.00 Å². The highest BCUT2D eigenvalue weighted by atomic mass is 19.1. The van der Waals surface area contributed by atoms with Crippen molar-refractivity contribution in [1.82, 2.24) is 0 Å². The second-order valence-electron chi connectivity index (χ2n) is 4.59. The van der Waals surface area contributed by atoms with Gasteiger partial charge in [-0.25, -0.2) is 4.39 Å². The number of hydrogen-bond acceptors (Lipinski definition) is 3. The van der Waals surface area contributed by atoms with E-state index in [9.17, 15) is 4.39 Å². The van der Waals surface area contributed by atoms with Crippen molar-refractivity contribution in [2.75, 3.05) is 19.0 Å². The molecule has 0 N–H and O–H groups in total. The number of rotatable bonds is 4. The molecule has 3 nitrogen and oxygen atoms in total. The zero-order valence-electron chi connectivity index (χ0n) is 11.4. The molecule has 0 bridgehead atoms. The predicted octanol–water partition coefficient (Wildman–Crippen LogP) is 3.34. The van der Waals surface area contributed by atoms with Gasteiger partial charge < -0.3 is 9.64 Å². The topological polar surface area (TPSA) is 36.3 Å². The van der Waals surface area contributed by atoms with Crippen molar-refractivity contribution in [3.8, 4) is 11.8 Å². The molecule has 4 heteroatoms. The molecule has 0 aliphatic carbocycles. The van der Waals surface area contributed by atoms with Gasteiger partial charge in [-0.05, 0) is 30.3 Å². The minimum absolute atomic E-state index is 0.164. The fourth-order valence-electron chi connectivity index (χ4n) is 1.80. The van der Waals surface area contributed by atoms with E-state index in [1.807, 2.05) is 49.3 Å². The molecule has 20 heavy (non-hydrogen) atoms. The maximum absolute atomic E-state index is 13.2. The maximum atomic E-state index is 13.2. The molecule has 0 saturated carbocycles. The molecule has 0 aliphatic heterocycles. The fraction of sp³-hybridized carbons (Fsp3) is 0.188. The predicted molar refractivity (Wildman–Crippen MR) is 76.2 cm³/mol. The molecule has 0 aliphatic rings. The average molecular weight is 270 g/mol. The third-order valence-corrected chi connectivity index (χ3v) is 2.92.